The van der Waals surface area contributed by atoms with Crippen molar-refractivity contribution in [1.82, 2.24) is 0 Å². The first kappa shape index (κ1) is 34.2. The molecule has 0 aliphatic carbocycles. The predicted molar refractivity (Wildman–Crippen MR) is 176 cm³/mol. The first-order chi connectivity index (χ1) is 18.8. The van der Waals surface area contributed by atoms with E-state index in [0.29, 0.717) is 0 Å². The third-order valence-electron chi connectivity index (χ3n) is 5.04. The standard InChI is InChI=1S/C29H25N.4C2H6/c1-24(26-14-5-2-6-15-26)12-11-13-25-20-22-29(23-21-25)30(27-16-7-3-8-17-27)28-18-9-4-10-19-28;4*1-2/h2-23H,1H3;4*1-2H3. The van der Waals surface area contributed by atoms with E-state index in [1.165, 1.54) is 16.7 Å². The molecule has 0 saturated heterocycles. The van der Waals surface area contributed by atoms with Crippen LogP contribution in [0, 0.1) is 0 Å². The molecule has 202 valence electrons. The Hall–Kier alpha value is -3.84. The van der Waals surface area contributed by atoms with E-state index in [2.05, 4.69) is 127 Å². The van der Waals surface area contributed by atoms with Crippen LogP contribution in [0.4, 0.5) is 17.1 Å². The maximum atomic E-state index is 2.27. The average molecular weight is 508 g/mol. The smallest absolute Gasteiger partial charge is 0.0462 e. The zero-order valence-electron chi connectivity index (χ0n) is 25.1. The van der Waals surface area contributed by atoms with E-state index in [9.17, 15) is 0 Å². The van der Waals surface area contributed by atoms with Crippen LogP contribution < -0.4 is 4.90 Å². The molecule has 0 amide bonds. The molecule has 1 heteroatoms. The quantitative estimate of drug-likeness (QED) is 0.235. The van der Waals surface area contributed by atoms with E-state index in [1.807, 2.05) is 73.6 Å². The lowest BCUT2D eigenvalue weighted by molar-refractivity contribution is 1.28. The Labute approximate surface area is 234 Å². The van der Waals surface area contributed by atoms with Gasteiger partial charge < -0.3 is 4.90 Å². The first-order valence-electron chi connectivity index (χ1n) is 14.2. The second-order valence-corrected chi connectivity index (χ2v) is 7.17. The van der Waals surface area contributed by atoms with Gasteiger partial charge in [-0.3, -0.25) is 0 Å². The molecule has 0 spiro atoms. The highest BCUT2D eigenvalue weighted by Crippen LogP contribution is 2.34. The molecule has 0 fully saturated rings. The van der Waals surface area contributed by atoms with E-state index in [-0.39, 0.29) is 0 Å². The van der Waals surface area contributed by atoms with Gasteiger partial charge in [0, 0.05) is 17.1 Å². The molecule has 0 radical (unpaired) electrons. The number of rotatable bonds is 6. The Balaban J connectivity index is 0.00000157. The van der Waals surface area contributed by atoms with E-state index in [4.69, 9.17) is 0 Å². The van der Waals surface area contributed by atoms with Gasteiger partial charge in [-0.1, -0.05) is 152 Å². The molecule has 0 aromatic heterocycles. The normalized spacial score (nSPS) is 9.76. The third-order valence-corrected chi connectivity index (χ3v) is 5.04. The molecule has 0 unspecified atom stereocenters. The Bertz CT molecular complexity index is 1070. The molecular formula is C37H49N. The van der Waals surface area contributed by atoms with Crippen molar-refractivity contribution in [3.05, 3.63) is 139 Å². The summed E-state index contributed by atoms with van der Waals surface area (Å²) >= 11 is 0. The van der Waals surface area contributed by atoms with Gasteiger partial charge in [0.15, 0.2) is 0 Å². The van der Waals surface area contributed by atoms with Gasteiger partial charge in [0.2, 0.25) is 0 Å². The number of para-hydroxylation sites is 2. The lowest BCUT2D eigenvalue weighted by Crippen LogP contribution is -2.09. The summed E-state index contributed by atoms with van der Waals surface area (Å²) in [7, 11) is 0. The third kappa shape index (κ3) is 11.5. The summed E-state index contributed by atoms with van der Waals surface area (Å²) in [6, 6.07) is 40.1. The van der Waals surface area contributed by atoms with Gasteiger partial charge in [0.25, 0.3) is 0 Å². The topological polar surface area (TPSA) is 3.24 Å². The van der Waals surface area contributed by atoms with Crippen molar-refractivity contribution in [2.24, 2.45) is 0 Å². The largest absolute Gasteiger partial charge is 0.311 e. The summed E-state index contributed by atoms with van der Waals surface area (Å²) < 4.78 is 0. The average Bonchev–Trinajstić information content (AvgIpc) is 3.03. The summed E-state index contributed by atoms with van der Waals surface area (Å²) in [5, 5.41) is 0. The van der Waals surface area contributed by atoms with Gasteiger partial charge in [-0.2, -0.15) is 0 Å². The fourth-order valence-electron chi connectivity index (χ4n) is 3.44. The van der Waals surface area contributed by atoms with Crippen LogP contribution in [-0.4, -0.2) is 0 Å². The number of benzene rings is 4. The maximum Gasteiger partial charge on any atom is 0.0462 e. The lowest BCUT2D eigenvalue weighted by Gasteiger charge is -2.25. The van der Waals surface area contributed by atoms with Crippen molar-refractivity contribution in [3.63, 3.8) is 0 Å². The molecule has 4 aromatic carbocycles. The van der Waals surface area contributed by atoms with Crippen LogP contribution >= 0.6 is 0 Å². The van der Waals surface area contributed by atoms with Crippen molar-refractivity contribution in [3.8, 4) is 0 Å². The van der Waals surface area contributed by atoms with Gasteiger partial charge in [-0.05, 0) is 60.0 Å². The van der Waals surface area contributed by atoms with Crippen LogP contribution in [0.25, 0.3) is 11.6 Å². The Morgan fingerprint density at radius 1 is 0.474 bits per heavy atom. The zero-order chi connectivity index (χ0) is 28.6. The van der Waals surface area contributed by atoms with Crippen molar-refractivity contribution >= 4 is 28.7 Å². The van der Waals surface area contributed by atoms with Crippen LogP contribution in [0.15, 0.2) is 127 Å². The number of allylic oxidation sites excluding steroid dienone is 3. The van der Waals surface area contributed by atoms with E-state index < -0.39 is 0 Å². The highest BCUT2D eigenvalue weighted by atomic mass is 15.1. The molecule has 0 aliphatic heterocycles. The van der Waals surface area contributed by atoms with Crippen LogP contribution in [0.3, 0.4) is 0 Å². The summed E-state index contributed by atoms with van der Waals surface area (Å²) in [6.07, 6.45) is 6.42. The minimum Gasteiger partial charge on any atom is -0.311 e. The molecule has 0 aliphatic rings. The minimum atomic E-state index is 1.14. The first-order valence-corrected chi connectivity index (χ1v) is 14.2. The van der Waals surface area contributed by atoms with Crippen LogP contribution in [0.2, 0.25) is 0 Å². The minimum absolute atomic E-state index is 1.14. The Morgan fingerprint density at radius 3 is 1.26 bits per heavy atom. The molecule has 0 saturated carbocycles. The molecular weight excluding hydrogens is 458 g/mol. The second-order valence-electron chi connectivity index (χ2n) is 7.17. The molecule has 0 N–H and O–H groups in total. The Kier molecular flexibility index (Phi) is 20.1. The molecule has 0 heterocycles. The van der Waals surface area contributed by atoms with Gasteiger partial charge in [0.1, 0.15) is 0 Å². The zero-order valence-corrected chi connectivity index (χ0v) is 25.1. The number of anilines is 3. The molecule has 38 heavy (non-hydrogen) atoms. The number of hydrogen-bond acceptors (Lipinski definition) is 1. The summed E-state index contributed by atoms with van der Waals surface area (Å²) in [5.41, 5.74) is 7.11. The van der Waals surface area contributed by atoms with Gasteiger partial charge >= 0.3 is 0 Å². The van der Waals surface area contributed by atoms with Crippen molar-refractivity contribution in [1.29, 1.82) is 0 Å². The summed E-state index contributed by atoms with van der Waals surface area (Å²) in [6.45, 7) is 18.1. The molecule has 4 rings (SSSR count). The van der Waals surface area contributed by atoms with Crippen LogP contribution in [0.1, 0.15) is 73.4 Å². The fraction of sp³-hybridized carbons (Fsp3) is 0.243. The highest BCUT2D eigenvalue weighted by Gasteiger charge is 2.11. The van der Waals surface area contributed by atoms with E-state index >= 15 is 0 Å². The second kappa shape index (κ2) is 22.4. The summed E-state index contributed by atoms with van der Waals surface area (Å²) in [4.78, 5) is 2.27. The van der Waals surface area contributed by atoms with E-state index in [0.717, 1.165) is 17.1 Å². The van der Waals surface area contributed by atoms with Crippen molar-refractivity contribution < 1.29 is 0 Å². The van der Waals surface area contributed by atoms with Gasteiger partial charge in [-0.15, -0.1) is 0 Å². The van der Waals surface area contributed by atoms with Gasteiger partial charge in [-0.25, -0.2) is 0 Å². The summed E-state index contributed by atoms with van der Waals surface area (Å²) in [5.74, 6) is 0. The van der Waals surface area contributed by atoms with Crippen molar-refractivity contribution in [2.75, 3.05) is 4.90 Å². The highest BCUT2D eigenvalue weighted by molar-refractivity contribution is 5.77. The SMILES string of the molecule is CC.CC.CC.CC.CC(=CC=Cc1ccc(N(c2ccccc2)c2ccccc2)cc1)c1ccccc1. The van der Waals surface area contributed by atoms with Gasteiger partial charge in [0.05, 0.1) is 0 Å². The number of nitrogens with zero attached hydrogens (tertiary/aromatic N) is 1. The van der Waals surface area contributed by atoms with Crippen LogP contribution in [-0.2, 0) is 0 Å². The molecule has 0 atom stereocenters. The lowest BCUT2D eigenvalue weighted by atomic mass is 10.1. The van der Waals surface area contributed by atoms with Crippen molar-refractivity contribution in [2.45, 2.75) is 62.3 Å². The monoisotopic (exact) mass is 507 g/mol. The number of hydrogen-bond donors (Lipinski definition) is 0. The maximum absolute atomic E-state index is 2.27. The molecule has 1 nitrogen and oxygen atoms in total. The van der Waals surface area contributed by atoms with Crippen LogP contribution in [0.5, 0.6) is 0 Å². The predicted octanol–water partition coefficient (Wildman–Crippen LogP) is 12.4. The fourth-order valence-corrected chi connectivity index (χ4v) is 3.44. The molecule has 4 aromatic rings. The Morgan fingerprint density at radius 2 is 0.842 bits per heavy atom. The van der Waals surface area contributed by atoms with E-state index in [1.54, 1.807) is 0 Å². The molecule has 0 bridgehead atoms.